The fourth-order valence-corrected chi connectivity index (χ4v) is 2.62. The van der Waals surface area contributed by atoms with E-state index in [0.29, 0.717) is 5.75 Å². The number of benzene rings is 2. The summed E-state index contributed by atoms with van der Waals surface area (Å²) in [7, 11) is 0. The fraction of sp³-hybridized carbons (Fsp3) is 0.118. The van der Waals surface area contributed by atoms with E-state index in [1.807, 2.05) is 48.5 Å². The van der Waals surface area contributed by atoms with Crippen molar-refractivity contribution in [3.8, 4) is 11.5 Å². The molecule has 4 heteroatoms. The first-order valence-corrected chi connectivity index (χ1v) is 7.43. The van der Waals surface area contributed by atoms with Gasteiger partial charge in [-0.2, -0.15) is 0 Å². The monoisotopic (exact) mass is 343 g/mol. The Morgan fingerprint density at radius 2 is 1.95 bits per heavy atom. The van der Waals surface area contributed by atoms with E-state index in [-0.39, 0.29) is 0 Å². The highest BCUT2D eigenvalue weighted by Crippen LogP contribution is 2.34. The van der Waals surface area contributed by atoms with Gasteiger partial charge in [-0.15, -0.1) is 0 Å². The van der Waals surface area contributed by atoms with Crippen LogP contribution in [-0.4, -0.2) is 10.1 Å². The lowest BCUT2D eigenvalue weighted by Gasteiger charge is -2.12. The summed E-state index contributed by atoms with van der Waals surface area (Å²) in [4.78, 5) is 4.32. The molecule has 0 aliphatic carbocycles. The van der Waals surface area contributed by atoms with Gasteiger partial charge in [0.05, 0.1) is 16.1 Å². The highest BCUT2D eigenvalue weighted by molar-refractivity contribution is 9.10. The van der Waals surface area contributed by atoms with Crippen LogP contribution in [0.25, 0.3) is 10.9 Å². The smallest absolute Gasteiger partial charge is 0.141 e. The predicted octanol–water partition coefficient (Wildman–Crippen LogP) is 4.84. The van der Waals surface area contributed by atoms with Crippen LogP contribution in [0.5, 0.6) is 11.5 Å². The first-order chi connectivity index (χ1) is 10.1. The Labute approximate surface area is 131 Å². The van der Waals surface area contributed by atoms with Crippen LogP contribution in [0.1, 0.15) is 18.6 Å². The molecule has 21 heavy (non-hydrogen) atoms. The van der Waals surface area contributed by atoms with Crippen molar-refractivity contribution in [1.29, 1.82) is 0 Å². The van der Waals surface area contributed by atoms with Gasteiger partial charge in [-0.25, -0.2) is 0 Å². The normalized spacial score (nSPS) is 12.3. The Hall–Kier alpha value is -1.91. The third kappa shape index (κ3) is 2.91. The fourth-order valence-electron chi connectivity index (χ4n) is 2.14. The molecule has 3 aromatic rings. The summed E-state index contributed by atoms with van der Waals surface area (Å²) < 4.78 is 6.80. The minimum atomic E-state index is -0.503. The van der Waals surface area contributed by atoms with E-state index in [9.17, 15) is 5.11 Å². The lowest BCUT2D eigenvalue weighted by Crippen LogP contribution is -1.93. The number of pyridine rings is 1. The van der Waals surface area contributed by atoms with Crippen molar-refractivity contribution in [2.45, 2.75) is 13.0 Å². The first-order valence-electron chi connectivity index (χ1n) is 6.64. The molecule has 0 aliphatic rings. The molecule has 0 bridgehead atoms. The van der Waals surface area contributed by atoms with Gasteiger partial charge in [0.15, 0.2) is 0 Å². The molecule has 1 unspecified atom stereocenters. The summed E-state index contributed by atoms with van der Waals surface area (Å²) >= 11 is 3.49. The van der Waals surface area contributed by atoms with E-state index in [0.717, 1.165) is 26.7 Å². The minimum Gasteiger partial charge on any atom is -0.455 e. The molecule has 0 saturated carbocycles. The molecule has 106 valence electrons. The molecule has 1 N–H and O–H groups in total. The van der Waals surface area contributed by atoms with E-state index in [4.69, 9.17) is 4.74 Å². The summed E-state index contributed by atoms with van der Waals surface area (Å²) in [5.74, 6) is 1.46. The van der Waals surface area contributed by atoms with Crippen molar-refractivity contribution in [1.82, 2.24) is 4.98 Å². The van der Waals surface area contributed by atoms with Crippen molar-refractivity contribution in [3.63, 3.8) is 0 Å². The van der Waals surface area contributed by atoms with Crippen molar-refractivity contribution >= 4 is 26.8 Å². The van der Waals surface area contributed by atoms with Gasteiger partial charge in [-0.05, 0) is 64.8 Å². The van der Waals surface area contributed by atoms with E-state index in [1.165, 1.54) is 0 Å². The molecule has 2 aromatic carbocycles. The molecule has 0 radical (unpaired) electrons. The molecule has 0 aliphatic heterocycles. The summed E-state index contributed by atoms with van der Waals surface area (Å²) in [6.07, 6.45) is 1.26. The lowest BCUT2D eigenvalue weighted by atomic mass is 10.1. The quantitative estimate of drug-likeness (QED) is 0.739. The van der Waals surface area contributed by atoms with Crippen LogP contribution in [0.3, 0.4) is 0 Å². The second-order valence-corrected chi connectivity index (χ2v) is 5.65. The summed E-state index contributed by atoms with van der Waals surface area (Å²) in [5.41, 5.74) is 1.74. The molecule has 3 rings (SSSR count). The highest BCUT2D eigenvalue weighted by atomic mass is 79.9. The van der Waals surface area contributed by atoms with E-state index >= 15 is 0 Å². The summed E-state index contributed by atoms with van der Waals surface area (Å²) in [6.45, 7) is 1.73. The van der Waals surface area contributed by atoms with Crippen LogP contribution in [0.15, 0.2) is 59.2 Å². The largest absolute Gasteiger partial charge is 0.455 e. The SMILES string of the molecule is CC(O)c1ccc(Oc2cccc3ncccc23)c(Br)c1. The summed E-state index contributed by atoms with van der Waals surface area (Å²) in [5, 5.41) is 10.6. The maximum Gasteiger partial charge on any atom is 0.141 e. The number of rotatable bonds is 3. The standard InChI is InChI=1S/C17H14BrNO2/c1-11(20)12-7-8-17(14(18)10-12)21-16-6-2-5-15-13(16)4-3-9-19-15/h2-11,20H,1H3. The van der Waals surface area contributed by atoms with Gasteiger partial charge in [0.2, 0.25) is 0 Å². The van der Waals surface area contributed by atoms with Gasteiger partial charge in [-0.3, -0.25) is 4.98 Å². The van der Waals surface area contributed by atoms with Crippen LogP contribution >= 0.6 is 15.9 Å². The number of fused-ring (bicyclic) bond motifs is 1. The maximum atomic E-state index is 9.60. The van der Waals surface area contributed by atoms with Gasteiger partial charge in [-0.1, -0.05) is 12.1 Å². The Bertz CT molecular complexity index is 781. The molecule has 0 amide bonds. The lowest BCUT2D eigenvalue weighted by molar-refractivity contribution is 0.199. The maximum absolute atomic E-state index is 9.60. The van der Waals surface area contributed by atoms with Gasteiger partial charge >= 0.3 is 0 Å². The van der Waals surface area contributed by atoms with Crippen LogP contribution in [0.4, 0.5) is 0 Å². The average Bonchev–Trinajstić information content (AvgIpc) is 2.49. The number of halogens is 1. The van der Waals surface area contributed by atoms with Crippen LogP contribution in [0.2, 0.25) is 0 Å². The number of aliphatic hydroxyl groups excluding tert-OH is 1. The average molecular weight is 344 g/mol. The van der Waals surface area contributed by atoms with E-state index < -0.39 is 6.10 Å². The number of ether oxygens (including phenoxy) is 1. The Morgan fingerprint density at radius 1 is 1.10 bits per heavy atom. The summed E-state index contributed by atoms with van der Waals surface area (Å²) in [6, 6.07) is 15.2. The Kier molecular flexibility index (Phi) is 3.90. The first kappa shape index (κ1) is 14.0. The number of nitrogens with zero attached hydrogens (tertiary/aromatic N) is 1. The second kappa shape index (κ2) is 5.84. The van der Waals surface area contributed by atoms with Gasteiger partial charge in [0.1, 0.15) is 11.5 Å². The Balaban J connectivity index is 1.99. The number of hydrogen-bond acceptors (Lipinski definition) is 3. The molecule has 1 heterocycles. The third-order valence-corrected chi connectivity index (χ3v) is 3.88. The van der Waals surface area contributed by atoms with Crippen molar-refractivity contribution in [3.05, 3.63) is 64.8 Å². The van der Waals surface area contributed by atoms with Crippen LogP contribution in [-0.2, 0) is 0 Å². The molecular formula is C17H14BrNO2. The van der Waals surface area contributed by atoms with E-state index in [2.05, 4.69) is 20.9 Å². The number of aliphatic hydroxyl groups is 1. The minimum absolute atomic E-state index is 0.503. The van der Waals surface area contributed by atoms with Gasteiger partial charge < -0.3 is 9.84 Å². The van der Waals surface area contributed by atoms with E-state index in [1.54, 1.807) is 13.1 Å². The zero-order valence-electron chi connectivity index (χ0n) is 11.5. The van der Waals surface area contributed by atoms with Crippen LogP contribution in [0, 0.1) is 0 Å². The molecule has 1 aromatic heterocycles. The van der Waals surface area contributed by atoms with Crippen LogP contribution < -0.4 is 4.74 Å². The molecule has 0 fully saturated rings. The van der Waals surface area contributed by atoms with Gasteiger partial charge in [0.25, 0.3) is 0 Å². The Morgan fingerprint density at radius 3 is 2.71 bits per heavy atom. The van der Waals surface area contributed by atoms with Crippen molar-refractivity contribution in [2.24, 2.45) is 0 Å². The topological polar surface area (TPSA) is 42.4 Å². The predicted molar refractivity (Wildman–Crippen MR) is 86.6 cm³/mol. The molecular weight excluding hydrogens is 330 g/mol. The zero-order valence-corrected chi connectivity index (χ0v) is 13.0. The van der Waals surface area contributed by atoms with Gasteiger partial charge in [0, 0.05) is 11.6 Å². The molecule has 3 nitrogen and oxygen atoms in total. The second-order valence-electron chi connectivity index (χ2n) is 4.79. The molecule has 0 saturated heterocycles. The van der Waals surface area contributed by atoms with Crippen molar-refractivity contribution in [2.75, 3.05) is 0 Å². The molecule has 1 atom stereocenters. The number of aromatic nitrogens is 1. The zero-order chi connectivity index (χ0) is 14.8. The van der Waals surface area contributed by atoms with Crippen molar-refractivity contribution < 1.29 is 9.84 Å². The molecule has 0 spiro atoms. The number of hydrogen-bond donors (Lipinski definition) is 1. The third-order valence-electron chi connectivity index (χ3n) is 3.26. The highest BCUT2D eigenvalue weighted by Gasteiger charge is 2.09.